The van der Waals surface area contributed by atoms with Gasteiger partial charge in [-0.05, 0) is 44.9 Å². The number of nitrogens with zero attached hydrogens (tertiary/aromatic N) is 4. The van der Waals surface area contributed by atoms with Crippen molar-refractivity contribution in [3.8, 4) is 0 Å². The van der Waals surface area contributed by atoms with Gasteiger partial charge in [0.2, 0.25) is 0 Å². The summed E-state index contributed by atoms with van der Waals surface area (Å²) in [6.45, 7) is 7.23. The fourth-order valence-electron chi connectivity index (χ4n) is 7.29. The van der Waals surface area contributed by atoms with Crippen molar-refractivity contribution < 1.29 is 241 Å². The second-order valence-electron chi connectivity index (χ2n) is 21.1. The molecule has 0 aromatic rings. The molecule has 0 bridgehead atoms. The van der Waals surface area contributed by atoms with E-state index in [1.165, 1.54) is 91.7 Å². The second kappa shape index (κ2) is 106. The van der Waals surface area contributed by atoms with Crippen LogP contribution in [-0.4, -0.2) is 297 Å². The first-order valence-electron chi connectivity index (χ1n) is 32.4. The number of halogens is 6. The first kappa shape index (κ1) is 149. The molecule has 1 saturated carbocycles. The number of nitrogens with two attached hydrogens (primary N) is 6. The summed E-state index contributed by atoms with van der Waals surface area (Å²) in [5, 5.41) is 81.7. The van der Waals surface area contributed by atoms with Crippen molar-refractivity contribution in [2.75, 3.05) is 107 Å². The number of imide groups is 4. The number of amides is 9. The maximum Gasteiger partial charge on any atom is 2.00 e. The molecular weight excluding hydrogens is 2490 g/mol. The van der Waals surface area contributed by atoms with E-state index >= 15 is 0 Å². The number of carbonyl (C=O) groups excluding carboxylic acids is 9. The van der Waals surface area contributed by atoms with Crippen molar-refractivity contribution in [3.63, 3.8) is 0 Å². The summed E-state index contributed by atoms with van der Waals surface area (Å²) in [7, 11) is 33.7. The van der Waals surface area contributed by atoms with Crippen LogP contribution in [0.2, 0.25) is 0 Å². The summed E-state index contributed by atoms with van der Waals surface area (Å²) in [5.74, 6) is -12.8. The number of esters is 1. The molecule has 24 N–H and O–H groups in total. The summed E-state index contributed by atoms with van der Waals surface area (Å²) in [6, 6.07) is 0.142. The number of hydrogen-bond acceptors (Lipinski definition) is 25. The molecule has 9 amide bonds. The first-order chi connectivity index (χ1) is 53.6. The molecule has 121 heavy (non-hydrogen) atoms. The molecule has 57 heteroatoms. The third-order valence-corrected chi connectivity index (χ3v) is 12.3. The largest absolute Gasteiger partial charge is 2.00 e. The zero-order valence-corrected chi connectivity index (χ0v) is 79.3. The summed E-state index contributed by atoms with van der Waals surface area (Å²) in [4.78, 5) is 201. The van der Waals surface area contributed by atoms with Gasteiger partial charge in [0.1, 0.15) is 26.4 Å². The number of aliphatic carboxylic acids is 9. The Morgan fingerprint density at radius 3 is 0.893 bits per heavy atom. The minimum atomic E-state index is -1.82. The Bertz CT molecular complexity index is 2840. The molecule has 716 valence electrons. The van der Waals surface area contributed by atoms with E-state index < -0.39 is 127 Å². The zero-order chi connectivity index (χ0) is 89.4. The van der Waals surface area contributed by atoms with Crippen LogP contribution in [-0.2, 0) is 185 Å². The van der Waals surface area contributed by atoms with Gasteiger partial charge in [-0.3, -0.25) is 81.9 Å². The molecule has 47 nitrogen and oxygen atoms in total. The Labute approximate surface area is 762 Å². The maximum absolute atomic E-state index is 11.1. The molecule has 0 aromatic heterocycles. The smallest absolute Gasteiger partial charge is 0.693 e. The molecule has 1 aliphatic carbocycles. The van der Waals surface area contributed by atoms with Crippen molar-refractivity contribution in [1.29, 1.82) is 0 Å². The monoisotopic (exact) mass is 2590 g/mol. The van der Waals surface area contributed by atoms with E-state index in [9.17, 15) is 76.7 Å². The van der Waals surface area contributed by atoms with Crippen LogP contribution in [0.4, 0.5) is 4.79 Å². The van der Waals surface area contributed by atoms with Gasteiger partial charge in [-0.1, -0.05) is 38.5 Å². The second-order valence-corrected chi connectivity index (χ2v) is 30.9. The predicted molar refractivity (Wildman–Crippen MR) is 424 cm³/mol. The quantitative estimate of drug-likeness (QED) is 0.00913. The number of rotatable bonds is 36. The van der Waals surface area contributed by atoms with Crippen LogP contribution in [0.25, 0.3) is 42.6 Å². The van der Waals surface area contributed by atoms with Crippen LogP contribution in [0.15, 0.2) is 48.6 Å². The normalized spacial score (nSPS) is 13.2. The Balaban J connectivity index is -0.0000000796. The number of unbranched alkanes of at least 4 members (excludes halogenated alkanes) is 6. The van der Waals surface area contributed by atoms with Gasteiger partial charge in [-0.2, -0.15) is 12.0 Å². The van der Waals surface area contributed by atoms with E-state index in [-0.39, 0.29) is 158 Å². The summed E-state index contributed by atoms with van der Waals surface area (Å²) in [5.41, 5.74) is 7.42. The Kier molecular flexibility index (Phi) is 130. The van der Waals surface area contributed by atoms with Crippen molar-refractivity contribution in [2.45, 2.75) is 122 Å². The number of carboxylic acid groups (broad SMARTS) is 10. The van der Waals surface area contributed by atoms with Gasteiger partial charge in [-0.15, -0.1) is 0 Å². The number of carboxylic acids is 9. The van der Waals surface area contributed by atoms with E-state index in [1.807, 2.05) is 0 Å². The summed E-state index contributed by atoms with van der Waals surface area (Å²) in [6.07, 6.45) is 19.4. The molecule has 5 rings (SSSR count). The molecule has 0 spiro atoms. The van der Waals surface area contributed by atoms with Gasteiger partial charge in [0.25, 0.3) is 53.2 Å². The first-order valence-corrected chi connectivity index (χ1v) is 49.3. The van der Waals surface area contributed by atoms with Gasteiger partial charge in [0.05, 0.1) is 45.8 Å². The van der Waals surface area contributed by atoms with Crippen LogP contribution in [0, 0.1) is 12.8 Å². The minimum Gasteiger partial charge on any atom is -0.693 e. The zero-order valence-electron chi connectivity index (χ0n) is 65.7. The number of ether oxygens (including phenoxy) is 6. The Hall–Kier alpha value is -6.50. The predicted octanol–water partition coefficient (Wildman–Crippen LogP) is 10.1. The summed E-state index contributed by atoms with van der Waals surface area (Å²) < 4.78 is 27.3. The van der Waals surface area contributed by atoms with Gasteiger partial charge < -0.3 is 134 Å². The molecule has 4 heterocycles. The number of methoxy groups -OCH3 is 3. The van der Waals surface area contributed by atoms with Gasteiger partial charge in [-0.25, -0.2) is 28.8 Å². The van der Waals surface area contributed by atoms with Crippen LogP contribution in [0.1, 0.15) is 116 Å². The third-order valence-electron chi connectivity index (χ3n) is 12.3. The van der Waals surface area contributed by atoms with E-state index in [4.69, 9.17) is 128 Å². The van der Waals surface area contributed by atoms with Gasteiger partial charge in [0.15, 0.2) is 0 Å². The van der Waals surface area contributed by atoms with Crippen LogP contribution < -0.4 is 5.32 Å². The van der Waals surface area contributed by atoms with Crippen molar-refractivity contribution >= 4 is 170 Å². The average molecular weight is 2600 g/mol. The van der Waals surface area contributed by atoms with Crippen molar-refractivity contribution in [1.82, 2.24) is 24.9 Å². The standard InChI is InChI=1S/C10H14N2O4.C10H11NO6.2C10H13NO4.C7H13N.2C5H10O4.C3H6O3.C2H2O4.C2H4O2.6ClH.6H2N.4Pt/c13-8-4-5-9(14)12(8)7-3-1-2-6-11-10(15)16;12-7-1-2-8(13)11(7)5-6-17-10(16)4-3-9(14)15;2*12-8-5-6-9(13)11(8)7-3-1-2-4-10(14)15;1-6-4-2-3-5-7(6)8;2*1-8-2-3-9-4-5(6)7;1-6-2-3(4)5;3-1(4)2(5)6;1-2(3)4;;;;;;;;;;;;;;;;/h4-5,11H,1-3,6-7H2,(H,15,16);1-2H,3-6H2,(H,14,15);2*5-6H,1-4,7H2,(H,14,15);6-8H,1-5H2;2*2-4H2,1H3,(H,6,7);2H2,1H3,(H,4,5);(H,3,4)(H,5,6);1H3,(H,3,4);6*1H;6*1H2;;;;/q;;;;-2;;;;;;;;;;;;6*-1;+2;3*+4/p-6/t;;;;6-,7-;;;;;;;;;;;;;;;;;;;;;/m....1...................../s1. The molecule has 0 unspecified atom stereocenters. The molecule has 4 aliphatic heterocycles. The van der Waals surface area contributed by atoms with Crippen LogP contribution in [0.3, 0.4) is 0 Å². The number of nitrogens with one attached hydrogen (secondary N) is 2. The molecule has 0 radical (unpaired) electrons. The van der Waals surface area contributed by atoms with Crippen LogP contribution >= 0.6 is 56.5 Å². The van der Waals surface area contributed by atoms with E-state index in [0.29, 0.717) is 110 Å². The average Bonchev–Trinajstić information content (AvgIpc) is 1.76. The molecular formula is C64H108Cl6N12O35Pt4. The van der Waals surface area contributed by atoms with Crippen molar-refractivity contribution in [3.05, 3.63) is 98.2 Å². The summed E-state index contributed by atoms with van der Waals surface area (Å²) >= 11 is -1.42. The van der Waals surface area contributed by atoms with E-state index in [2.05, 4.69) is 40.7 Å². The molecule has 2 atom stereocenters. The fraction of sp³-hybridized carbons (Fsp3) is 0.562. The molecule has 5 aliphatic rings. The Morgan fingerprint density at radius 2 is 0.678 bits per heavy atom. The minimum absolute atomic E-state index is 0. The molecule has 0 saturated heterocycles. The third kappa shape index (κ3) is 114. The van der Waals surface area contributed by atoms with Gasteiger partial charge in [0, 0.05) is 116 Å². The van der Waals surface area contributed by atoms with E-state index in [0.717, 1.165) is 36.8 Å². The fourth-order valence-corrected chi connectivity index (χ4v) is 7.29. The van der Waals surface area contributed by atoms with Gasteiger partial charge >= 0.3 is 187 Å². The maximum atomic E-state index is 11.1. The SMILES string of the molecule is CC(=O)O.COCC(=O)O.COCCOCC(=O)O.COCCOCC(=O)O.O=C(O)C(=O)O.O=C(O)CCC(=O)OCCN1C(=O)C=CC1=O.O=C(O)CCCCCN1C(=O)C=CC1=O.O=C(O)CCCCCN1C(=O)C=CC1=O.O=C(O)NCCCCCN1C(=O)C=CC1=O.[CH2-][C@@H]1CCCC[C@H]1[NH-].[Cl][Pt+2][Cl].[Cl][Pt+2][Cl].[Cl][Pt+2][Cl].[NH2-].[NH2-].[NH2-].[NH2-].[NH2-].[NH2-].[Pt+2]. The Morgan fingerprint density at radius 1 is 0.405 bits per heavy atom. The number of hydrogen-bond donors (Lipinski definition) is 11. The van der Waals surface area contributed by atoms with E-state index in [1.54, 1.807) is 0 Å². The topological polar surface area (TPSA) is 832 Å². The molecule has 0 aromatic carbocycles. The van der Waals surface area contributed by atoms with Crippen molar-refractivity contribution in [2.24, 2.45) is 5.92 Å². The number of carbonyl (C=O) groups is 19. The van der Waals surface area contributed by atoms with Crippen LogP contribution in [0.5, 0.6) is 0 Å². The molecule has 1 fully saturated rings.